The van der Waals surface area contributed by atoms with E-state index in [0.717, 1.165) is 28.1 Å². The maximum absolute atomic E-state index is 13.0. The van der Waals surface area contributed by atoms with Crippen molar-refractivity contribution in [2.24, 2.45) is 0 Å². The molecule has 4 rings (SSSR count). The smallest absolute Gasteiger partial charge is 0.269 e. The lowest BCUT2D eigenvalue weighted by Crippen LogP contribution is -2.18. The number of aryl methyl sites for hydroxylation is 1. The summed E-state index contributed by atoms with van der Waals surface area (Å²) in [6, 6.07) is 20.5. The fraction of sp³-hybridized carbons (Fsp3) is 0.207. The number of rotatable bonds is 10. The van der Waals surface area contributed by atoms with Crippen LogP contribution in [-0.2, 0) is 19.6 Å². The number of carbonyl (C=O) groups is 2. The minimum absolute atomic E-state index is 0.00597. The van der Waals surface area contributed by atoms with Crippen molar-refractivity contribution in [3.8, 4) is 5.75 Å². The van der Waals surface area contributed by atoms with Crippen LogP contribution in [0.3, 0.4) is 0 Å². The number of nitrogens with zero attached hydrogens (tertiary/aromatic N) is 3. The number of aromatic nitrogens is 2. The van der Waals surface area contributed by atoms with E-state index in [1.807, 2.05) is 48.9 Å². The molecule has 9 nitrogen and oxygen atoms in total. The number of Topliss-reactive ketones (excluding diaryl/α,β-unsaturated/α-hetero) is 1. The Bertz CT molecular complexity index is 1470. The van der Waals surface area contributed by atoms with E-state index in [4.69, 9.17) is 4.74 Å². The number of nitro groups is 1. The normalized spacial score (nSPS) is 10.7. The van der Waals surface area contributed by atoms with E-state index in [0.29, 0.717) is 23.4 Å². The summed E-state index contributed by atoms with van der Waals surface area (Å²) in [6.07, 6.45) is 0.231. The van der Waals surface area contributed by atoms with Gasteiger partial charge in [0.1, 0.15) is 12.4 Å². The number of hydrogen-bond donors (Lipinski definition) is 1. The van der Waals surface area contributed by atoms with Gasteiger partial charge in [-0.2, -0.15) is 5.10 Å². The molecule has 1 heterocycles. The van der Waals surface area contributed by atoms with Crippen molar-refractivity contribution in [2.45, 2.75) is 33.4 Å². The third-order valence-corrected chi connectivity index (χ3v) is 6.35. The molecule has 0 spiro atoms. The molecule has 1 aromatic heterocycles. The maximum Gasteiger partial charge on any atom is 0.269 e. The Morgan fingerprint density at radius 1 is 0.974 bits per heavy atom. The Hall–Kier alpha value is -4.79. The molecule has 1 amide bonds. The van der Waals surface area contributed by atoms with Crippen molar-refractivity contribution in [3.63, 3.8) is 0 Å². The van der Waals surface area contributed by atoms with E-state index in [1.54, 1.807) is 37.4 Å². The van der Waals surface area contributed by atoms with Crippen molar-refractivity contribution >= 4 is 17.4 Å². The third-order valence-electron chi connectivity index (χ3n) is 6.35. The highest BCUT2D eigenvalue weighted by Gasteiger charge is 2.17. The highest BCUT2D eigenvalue weighted by Crippen LogP contribution is 2.20. The van der Waals surface area contributed by atoms with Crippen molar-refractivity contribution in [3.05, 3.63) is 122 Å². The van der Waals surface area contributed by atoms with Crippen LogP contribution in [0.15, 0.2) is 72.8 Å². The number of nitrogens with one attached hydrogen (secondary N) is 1. The summed E-state index contributed by atoms with van der Waals surface area (Å²) in [7, 11) is 1.60. The molecule has 0 aliphatic heterocycles. The largest absolute Gasteiger partial charge is 0.489 e. The quantitative estimate of drug-likeness (QED) is 0.185. The number of carbonyl (C=O) groups excluding carboxylic acids is 2. The number of non-ortho nitro benzene ring substituents is 1. The second kappa shape index (κ2) is 11.5. The van der Waals surface area contributed by atoms with Gasteiger partial charge in [0.05, 0.1) is 17.2 Å². The molecule has 3 aromatic carbocycles. The SMILES string of the molecule is CNC(=O)c1cccc(Cn2nc(C)c(CC(=O)c3ccc(COc4ccc([N+](=O)[O-])cc4)cc3)c2C)c1. The van der Waals surface area contributed by atoms with E-state index in [9.17, 15) is 19.7 Å². The first-order valence-corrected chi connectivity index (χ1v) is 12.1. The first kappa shape index (κ1) is 26.3. The molecule has 0 atom stereocenters. The molecule has 0 unspecified atom stereocenters. The third kappa shape index (κ3) is 6.12. The van der Waals surface area contributed by atoms with E-state index in [1.165, 1.54) is 12.1 Å². The lowest BCUT2D eigenvalue weighted by molar-refractivity contribution is -0.384. The summed E-state index contributed by atoms with van der Waals surface area (Å²) >= 11 is 0. The molecule has 0 saturated heterocycles. The molecule has 0 fully saturated rings. The summed E-state index contributed by atoms with van der Waals surface area (Å²) in [6.45, 7) is 4.61. The Labute approximate surface area is 220 Å². The van der Waals surface area contributed by atoms with Gasteiger partial charge in [-0.15, -0.1) is 0 Å². The first-order chi connectivity index (χ1) is 18.2. The Morgan fingerprint density at radius 3 is 2.34 bits per heavy atom. The summed E-state index contributed by atoms with van der Waals surface area (Å²) in [5, 5.41) is 18.0. The standard InChI is InChI=1S/C29H28N4O5/c1-19-27(20(2)32(31-19)17-22-5-4-6-24(15-22)29(35)30-3)16-28(34)23-9-7-21(8-10-23)18-38-26-13-11-25(12-14-26)33(36)37/h4-15H,16-18H2,1-3H3,(H,30,35). The topological polar surface area (TPSA) is 116 Å². The molecule has 0 aliphatic rings. The fourth-order valence-corrected chi connectivity index (χ4v) is 4.15. The molecule has 194 valence electrons. The molecule has 38 heavy (non-hydrogen) atoms. The number of amides is 1. The minimum atomic E-state index is -0.457. The molecular formula is C29H28N4O5. The van der Waals surface area contributed by atoms with Crippen LogP contribution in [-0.4, -0.2) is 33.4 Å². The monoisotopic (exact) mass is 512 g/mol. The molecule has 0 saturated carbocycles. The van der Waals surface area contributed by atoms with Crippen LogP contribution >= 0.6 is 0 Å². The highest BCUT2D eigenvalue weighted by atomic mass is 16.6. The van der Waals surface area contributed by atoms with E-state index < -0.39 is 4.92 Å². The zero-order chi connectivity index (χ0) is 27.2. The summed E-state index contributed by atoms with van der Waals surface area (Å²) in [5.41, 5.74) is 5.60. The lowest BCUT2D eigenvalue weighted by atomic mass is 10.0. The zero-order valence-electron chi connectivity index (χ0n) is 21.4. The van der Waals surface area contributed by atoms with Crippen LogP contribution in [0, 0.1) is 24.0 Å². The van der Waals surface area contributed by atoms with Gasteiger partial charge in [-0.25, -0.2) is 0 Å². The average Bonchev–Trinajstić information content (AvgIpc) is 3.19. The van der Waals surface area contributed by atoms with Gasteiger partial charge in [0.25, 0.3) is 11.6 Å². The number of nitro benzene ring substituents is 1. The van der Waals surface area contributed by atoms with Gasteiger partial charge < -0.3 is 10.1 Å². The van der Waals surface area contributed by atoms with E-state index >= 15 is 0 Å². The van der Waals surface area contributed by atoms with Crippen molar-refractivity contribution in [2.75, 3.05) is 7.05 Å². The molecular weight excluding hydrogens is 484 g/mol. The zero-order valence-corrected chi connectivity index (χ0v) is 21.4. The molecule has 9 heteroatoms. The average molecular weight is 513 g/mol. The van der Waals surface area contributed by atoms with Gasteiger partial charge >= 0.3 is 0 Å². The fourth-order valence-electron chi connectivity index (χ4n) is 4.15. The van der Waals surface area contributed by atoms with Crippen LogP contribution in [0.2, 0.25) is 0 Å². The molecule has 0 aliphatic carbocycles. The van der Waals surface area contributed by atoms with Gasteiger partial charge in [0.2, 0.25) is 0 Å². The van der Waals surface area contributed by atoms with Gasteiger partial charge in [-0.1, -0.05) is 36.4 Å². The molecule has 1 N–H and O–H groups in total. The van der Waals surface area contributed by atoms with Gasteiger partial charge in [-0.05, 0) is 49.2 Å². The number of ether oxygens (including phenoxy) is 1. The second-order valence-electron chi connectivity index (χ2n) is 8.92. The van der Waals surface area contributed by atoms with Crippen LogP contribution in [0.1, 0.15) is 48.8 Å². The molecule has 0 radical (unpaired) electrons. The van der Waals surface area contributed by atoms with Crippen LogP contribution in [0.5, 0.6) is 5.75 Å². The Kier molecular flexibility index (Phi) is 7.96. The maximum atomic E-state index is 13.0. The van der Waals surface area contributed by atoms with Gasteiger partial charge in [-0.3, -0.25) is 24.4 Å². The predicted octanol–water partition coefficient (Wildman–Crippen LogP) is 4.82. The van der Waals surface area contributed by atoms with Crippen molar-refractivity contribution in [1.29, 1.82) is 0 Å². The second-order valence-corrected chi connectivity index (χ2v) is 8.92. The summed E-state index contributed by atoms with van der Waals surface area (Å²) in [4.78, 5) is 35.3. The number of hydrogen-bond acceptors (Lipinski definition) is 6. The predicted molar refractivity (Wildman–Crippen MR) is 143 cm³/mol. The number of benzene rings is 3. The Balaban J connectivity index is 1.39. The Morgan fingerprint density at radius 2 is 1.68 bits per heavy atom. The summed E-state index contributed by atoms with van der Waals surface area (Å²) in [5.74, 6) is 0.370. The van der Waals surface area contributed by atoms with Gasteiger partial charge in [0, 0.05) is 48.0 Å². The van der Waals surface area contributed by atoms with Crippen molar-refractivity contribution < 1.29 is 19.2 Å². The van der Waals surface area contributed by atoms with Gasteiger partial charge in [0.15, 0.2) is 5.78 Å². The molecule has 4 aromatic rings. The lowest BCUT2D eigenvalue weighted by Gasteiger charge is -2.08. The summed E-state index contributed by atoms with van der Waals surface area (Å²) < 4.78 is 7.55. The highest BCUT2D eigenvalue weighted by molar-refractivity contribution is 5.97. The van der Waals surface area contributed by atoms with Crippen LogP contribution in [0.25, 0.3) is 0 Å². The van der Waals surface area contributed by atoms with Crippen molar-refractivity contribution in [1.82, 2.24) is 15.1 Å². The molecule has 0 bridgehead atoms. The number of ketones is 1. The van der Waals surface area contributed by atoms with E-state index in [2.05, 4.69) is 10.4 Å². The van der Waals surface area contributed by atoms with E-state index in [-0.39, 0.29) is 30.4 Å². The van der Waals surface area contributed by atoms with Crippen LogP contribution < -0.4 is 10.1 Å². The minimum Gasteiger partial charge on any atom is -0.489 e. The van der Waals surface area contributed by atoms with Crippen LogP contribution in [0.4, 0.5) is 5.69 Å². The first-order valence-electron chi connectivity index (χ1n) is 12.1.